The van der Waals surface area contributed by atoms with E-state index in [2.05, 4.69) is 10.6 Å². The summed E-state index contributed by atoms with van der Waals surface area (Å²) in [4.78, 5) is 11.0. The van der Waals surface area contributed by atoms with Gasteiger partial charge in [-0.2, -0.15) is 8.78 Å². The smallest absolute Gasteiger partial charge is 0.341 e. The monoisotopic (exact) mass is 322 g/mol. The van der Waals surface area contributed by atoms with Crippen LogP contribution in [0.5, 0.6) is 0 Å². The zero-order valence-corrected chi connectivity index (χ0v) is 12.1. The highest BCUT2D eigenvalue weighted by atomic mass is 32.2. The molecule has 2 N–H and O–H groups in total. The number of rotatable bonds is 7. The van der Waals surface area contributed by atoms with E-state index < -0.39 is 26.5 Å². The number of carbonyl (C=O) groups is 1. The van der Waals surface area contributed by atoms with Crippen molar-refractivity contribution >= 4 is 21.6 Å². The fraction of sp³-hybridized carbons (Fsp3) is 0.417. The minimum absolute atomic E-state index is 0.299. The van der Waals surface area contributed by atoms with Crippen LogP contribution in [-0.4, -0.2) is 40.5 Å². The molecule has 0 spiro atoms. The molecule has 0 radical (unpaired) electrons. The molecule has 0 saturated heterocycles. The summed E-state index contributed by atoms with van der Waals surface area (Å²) in [5.41, 5.74) is 0.299. The number of benzene rings is 1. The van der Waals surface area contributed by atoms with Gasteiger partial charge in [-0.1, -0.05) is 0 Å². The van der Waals surface area contributed by atoms with E-state index in [9.17, 15) is 22.0 Å². The van der Waals surface area contributed by atoms with Crippen molar-refractivity contribution in [3.63, 3.8) is 0 Å². The largest absolute Gasteiger partial charge is 0.385 e. The molecule has 0 saturated carbocycles. The van der Waals surface area contributed by atoms with Gasteiger partial charge in [0.05, 0.1) is 4.90 Å². The Balaban J connectivity index is 2.57. The third-order valence-electron chi connectivity index (χ3n) is 2.49. The number of hydrogen-bond donors (Lipinski definition) is 2. The summed E-state index contributed by atoms with van der Waals surface area (Å²) < 4.78 is 51.9. The van der Waals surface area contributed by atoms with E-state index in [4.69, 9.17) is 4.74 Å². The van der Waals surface area contributed by atoms with Crippen LogP contribution in [0.15, 0.2) is 29.2 Å². The third kappa shape index (κ3) is 5.27. The van der Waals surface area contributed by atoms with Crippen molar-refractivity contribution in [1.82, 2.24) is 5.32 Å². The lowest BCUT2D eigenvalue weighted by molar-refractivity contribution is 0.194. The van der Waals surface area contributed by atoms with Crippen LogP contribution >= 0.6 is 0 Å². The van der Waals surface area contributed by atoms with Gasteiger partial charge in [0.1, 0.15) is 0 Å². The quantitative estimate of drug-likeness (QED) is 0.750. The number of nitrogens with one attached hydrogen (secondary N) is 2. The fourth-order valence-electron chi connectivity index (χ4n) is 1.42. The molecule has 118 valence electrons. The number of ether oxygens (including phenoxy) is 1. The van der Waals surface area contributed by atoms with Gasteiger partial charge in [0.15, 0.2) is 0 Å². The Labute approximate surface area is 121 Å². The summed E-state index contributed by atoms with van der Waals surface area (Å²) in [5, 5.41) is 5.01. The first-order valence-corrected chi connectivity index (χ1v) is 7.58. The van der Waals surface area contributed by atoms with E-state index in [0.717, 1.165) is 12.1 Å². The van der Waals surface area contributed by atoms with Crippen molar-refractivity contribution in [2.24, 2.45) is 0 Å². The summed E-state index contributed by atoms with van der Waals surface area (Å²) in [6.07, 6.45) is 0.648. The van der Waals surface area contributed by atoms with Crippen LogP contribution in [-0.2, 0) is 14.6 Å². The molecule has 1 aromatic carbocycles. The lowest BCUT2D eigenvalue weighted by atomic mass is 10.3. The molecule has 2 amide bonds. The average Bonchev–Trinajstić information content (AvgIpc) is 2.44. The molecule has 0 heterocycles. The molecule has 1 rings (SSSR count). The Morgan fingerprint density at radius 2 is 1.90 bits per heavy atom. The van der Waals surface area contributed by atoms with E-state index >= 15 is 0 Å². The standard InChI is InChI=1S/C12H16F2N2O4S/c1-20-8-2-7-15-12(17)16-9-3-5-10(6-4-9)21(18,19)11(13)14/h3-6,11H,2,7-8H2,1H3,(H2,15,16,17). The van der Waals surface area contributed by atoms with Crippen LogP contribution in [0, 0.1) is 0 Å². The normalized spacial score (nSPS) is 11.4. The predicted molar refractivity (Wildman–Crippen MR) is 73.1 cm³/mol. The Kier molecular flexibility index (Phi) is 6.50. The second-order valence-electron chi connectivity index (χ2n) is 4.06. The van der Waals surface area contributed by atoms with Crippen molar-refractivity contribution in [3.8, 4) is 0 Å². The number of amides is 2. The fourth-order valence-corrected chi connectivity index (χ4v) is 2.15. The average molecular weight is 322 g/mol. The molecule has 21 heavy (non-hydrogen) atoms. The van der Waals surface area contributed by atoms with Gasteiger partial charge in [0.25, 0.3) is 0 Å². The number of anilines is 1. The summed E-state index contributed by atoms with van der Waals surface area (Å²) in [6.45, 7) is 0.929. The summed E-state index contributed by atoms with van der Waals surface area (Å²) in [6, 6.07) is 4.04. The summed E-state index contributed by atoms with van der Waals surface area (Å²) in [7, 11) is -3.07. The van der Waals surface area contributed by atoms with Gasteiger partial charge in [0.2, 0.25) is 9.84 Å². The molecule has 0 fully saturated rings. The van der Waals surface area contributed by atoms with Gasteiger partial charge < -0.3 is 15.4 Å². The molecule has 0 aliphatic rings. The SMILES string of the molecule is COCCCNC(=O)Nc1ccc(S(=O)(=O)C(F)F)cc1. The van der Waals surface area contributed by atoms with Gasteiger partial charge in [-0.15, -0.1) is 0 Å². The first-order chi connectivity index (χ1) is 9.87. The van der Waals surface area contributed by atoms with Crippen molar-refractivity contribution in [2.45, 2.75) is 17.1 Å². The maximum Gasteiger partial charge on any atom is 0.341 e. The van der Waals surface area contributed by atoms with Gasteiger partial charge in [0, 0.05) is 25.9 Å². The van der Waals surface area contributed by atoms with Crippen molar-refractivity contribution < 1.29 is 26.7 Å². The van der Waals surface area contributed by atoms with Gasteiger partial charge in [-0.05, 0) is 30.7 Å². The first-order valence-electron chi connectivity index (χ1n) is 6.04. The zero-order valence-electron chi connectivity index (χ0n) is 11.3. The maximum atomic E-state index is 12.3. The third-order valence-corrected chi connectivity index (χ3v) is 3.88. The van der Waals surface area contributed by atoms with Crippen LogP contribution in [0.1, 0.15) is 6.42 Å². The Morgan fingerprint density at radius 1 is 1.29 bits per heavy atom. The number of halogens is 2. The number of alkyl halides is 2. The van der Waals surface area contributed by atoms with Crippen LogP contribution in [0.2, 0.25) is 0 Å². The minimum Gasteiger partial charge on any atom is -0.385 e. The second-order valence-corrected chi connectivity index (χ2v) is 5.98. The molecule has 0 atom stereocenters. The van der Waals surface area contributed by atoms with E-state index in [1.54, 1.807) is 7.11 Å². The molecule has 0 unspecified atom stereocenters. The predicted octanol–water partition coefficient (Wildman–Crippen LogP) is 1.84. The molecule has 1 aromatic rings. The highest BCUT2D eigenvalue weighted by molar-refractivity contribution is 7.91. The minimum atomic E-state index is -4.62. The van der Waals surface area contributed by atoms with E-state index in [1.165, 1.54) is 12.1 Å². The molecular formula is C12H16F2N2O4S. The van der Waals surface area contributed by atoms with Gasteiger partial charge >= 0.3 is 11.8 Å². The van der Waals surface area contributed by atoms with Crippen molar-refractivity contribution in [2.75, 3.05) is 25.6 Å². The molecule has 0 aliphatic heterocycles. The van der Waals surface area contributed by atoms with Crippen LogP contribution in [0.3, 0.4) is 0 Å². The second kappa shape index (κ2) is 7.89. The lowest BCUT2D eigenvalue weighted by Gasteiger charge is -2.08. The topological polar surface area (TPSA) is 84.5 Å². The number of urea groups is 1. The van der Waals surface area contributed by atoms with E-state index in [-0.39, 0.29) is 0 Å². The first kappa shape index (κ1) is 17.3. The van der Waals surface area contributed by atoms with Gasteiger partial charge in [-0.3, -0.25) is 0 Å². The van der Waals surface area contributed by atoms with Crippen LogP contribution in [0.25, 0.3) is 0 Å². The van der Waals surface area contributed by atoms with Crippen LogP contribution < -0.4 is 10.6 Å². The lowest BCUT2D eigenvalue weighted by Crippen LogP contribution is -2.30. The molecular weight excluding hydrogens is 306 g/mol. The number of methoxy groups -OCH3 is 1. The van der Waals surface area contributed by atoms with E-state index in [0.29, 0.717) is 25.3 Å². The molecule has 9 heteroatoms. The summed E-state index contributed by atoms with van der Waals surface area (Å²) in [5.74, 6) is -3.47. The highest BCUT2D eigenvalue weighted by Crippen LogP contribution is 2.20. The Bertz CT molecular complexity index is 561. The number of sulfone groups is 1. The Morgan fingerprint density at radius 3 is 2.43 bits per heavy atom. The molecule has 6 nitrogen and oxygen atoms in total. The van der Waals surface area contributed by atoms with Gasteiger partial charge in [-0.25, -0.2) is 13.2 Å². The molecule has 0 aliphatic carbocycles. The van der Waals surface area contributed by atoms with E-state index in [1.807, 2.05) is 0 Å². The van der Waals surface area contributed by atoms with Crippen molar-refractivity contribution in [3.05, 3.63) is 24.3 Å². The van der Waals surface area contributed by atoms with Crippen molar-refractivity contribution in [1.29, 1.82) is 0 Å². The molecule has 0 aromatic heterocycles. The zero-order chi connectivity index (χ0) is 15.9. The number of hydrogen-bond acceptors (Lipinski definition) is 4. The highest BCUT2D eigenvalue weighted by Gasteiger charge is 2.26. The number of carbonyl (C=O) groups excluding carboxylic acids is 1. The Hall–Kier alpha value is -1.74. The molecule has 0 bridgehead atoms. The summed E-state index contributed by atoms with van der Waals surface area (Å²) >= 11 is 0. The van der Waals surface area contributed by atoms with Crippen LogP contribution in [0.4, 0.5) is 19.3 Å². The maximum absolute atomic E-state index is 12.3.